The van der Waals surface area contributed by atoms with Crippen LogP contribution in [0.15, 0.2) is 24.8 Å². The third kappa shape index (κ3) is 14.3. The average Bonchev–Trinajstić information content (AvgIpc) is 2.65. The Balaban J connectivity index is -0.0000000700. The molecule has 0 saturated heterocycles. The summed E-state index contributed by atoms with van der Waals surface area (Å²) in [5.74, 6) is 0. The Morgan fingerprint density at radius 3 is 1.20 bits per heavy atom. The van der Waals surface area contributed by atoms with Crippen molar-refractivity contribution in [1.82, 2.24) is 19.1 Å². The molecule has 20 heavy (non-hydrogen) atoms. The molecule has 4 nitrogen and oxygen atoms in total. The number of aryl methyl sites for hydroxylation is 2. The van der Waals surface area contributed by atoms with Crippen LogP contribution in [0.2, 0.25) is 0 Å². The van der Waals surface area contributed by atoms with Crippen molar-refractivity contribution >= 4 is 18.7 Å². The van der Waals surface area contributed by atoms with Crippen molar-refractivity contribution in [2.75, 3.05) is 0 Å². The molecular weight excluding hydrogens is 785 g/mol. The second-order valence-electron chi connectivity index (χ2n) is 2.94. The Morgan fingerprint density at radius 1 is 0.700 bits per heavy atom. The predicted octanol–water partition coefficient (Wildman–Crippen LogP) is -1.21. The number of nitrogens with zero attached hydrogens (tertiary/aromatic N) is 4. The van der Waals surface area contributed by atoms with Crippen LogP contribution in [0.5, 0.6) is 0 Å². The van der Waals surface area contributed by atoms with Gasteiger partial charge in [0.25, 0.3) is 7.28 Å². The third-order valence-electron chi connectivity index (χ3n) is 1.98. The summed E-state index contributed by atoms with van der Waals surface area (Å²) < 4.78 is 3.91. The second kappa shape index (κ2) is 23.3. The van der Waals surface area contributed by atoms with Crippen LogP contribution >= 0.6 is 0 Å². The summed E-state index contributed by atoms with van der Waals surface area (Å²) in [6, 6.07) is 0. The van der Waals surface area contributed by atoms with Crippen LogP contribution in [-0.2, 0) is 243 Å². The molecule has 0 spiro atoms. The topological polar surface area (TPSA) is 35.6 Å². The Morgan fingerprint density at radius 2 is 1.00 bits per heavy atom. The first-order chi connectivity index (χ1) is 6.27. The van der Waals surface area contributed by atoms with E-state index in [0.29, 0.717) is 0 Å². The first-order valence-electron chi connectivity index (χ1n) is 4.07. The SMILES string of the molecule is Cn1ccnc1[B]c1nccn1C.[Y].[Y].[Y].[Y].[Y].[Y].[Y]. The number of hydrogen-bond donors (Lipinski definition) is 0. The molecule has 0 aliphatic heterocycles. The molecule has 86 valence electrons. The molecule has 0 aliphatic rings. The minimum Gasteiger partial charge on any atom is -0.346 e. The summed E-state index contributed by atoms with van der Waals surface area (Å²) in [7, 11) is 5.86. The first kappa shape index (κ1) is 40.8. The summed E-state index contributed by atoms with van der Waals surface area (Å²) in [5, 5.41) is 0. The number of imidazole rings is 2. The van der Waals surface area contributed by atoms with Crippen molar-refractivity contribution in [3.05, 3.63) is 24.8 Å². The van der Waals surface area contributed by atoms with Crippen molar-refractivity contribution in [3.8, 4) is 0 Å². The summed E-state index contributed by atoms with van der Waals surface area (Å²) in [6.07, 6.45) is 7.37. The van der Waals surface area contributed by atoms with Gasteiger partial charge in [0.15, 0.2) is 0 Å². The van der Waals surface area contributed by atoms with Gasteiger partial charge in [0.1, 0.15) is 0 Å². The number of hydrogen-bond acceptors (Lipinski definition) is 2. The fourth-order valence-electron chi connectivity index (χ4n) is 1.15. The smallest absolute Gasteiger partial charge is 0.289 e. The zero-order valence-corrected chi connectivity index (χ0v) is 31.6. The van der Waals surface area contributed by atoms with Crippen LogP contribution in [0.3, 0.4) is 0 Å². The monoisotopic (exact) mass is 795 g/mol. The van der Waals surface area contributed by atoms with Gasteiger partial charge in [-0.15, -0.1) is 0 Å². The minimum absolute atomic E-state index is 0. The van der Waals surface area contributed by atoms with Crippen LogP contribution in [0.4, 0.5) is 0 Å². The number of rotatable bonds is 2. The molecule has 2 aromatic rings. The van der Waals surface area contributed by atoms with Crippen molar-refractivity contribution in [1.29, 1.82) is 0 Å². The van der Waals surface area contributed by atoms with Gasteiger partial charge in [-0.3, -0.25) is 9.97 Å². The van der Waals surface area contributed by atoms with Crippen molar-refractivity contribution in [3.63, 3.8) is 0 Å². The normalized spacial score (nSPS) is 6.70. The van der Waals surface area contributed by atoms with E-state index in [1.165, 1.54) is 0 Å². The molecule has 0 aliphatic carbocycles. The van der Waals surface area contributed by atoms with Crippen LogP contribution in [0, 0.1) is 0 Å². The van der Waals surface area contributed by atoms with Gasteiger partial charge in [-0.05, 0) is 0 Å². The summed E-state index contributed by atoms with van der Waals surface area (Å²) >= 11 is 0. The summed E-state index contributed by atoms with van der Waals surface area (Å²) in [4.78, 5) is 8.37. The van der Waals surface area contributed by atoms with E-state index in [0.717, 1.165) is 11.4 Å². The van der Waals surface area contributed by atoms with Crippen molar-refractivity contribution in [2.45, 2.75) is 0 Å². The second-order valence-corrected chi connectivity index (χ2v) is 2.94. The Hall–Kier alpha value is 6.21. The van der Waals surface area contributed by atoms with Crippen molar-refractivity contribution in [2.24, 2.45) is 14.1 Å². The Bertz CT molecular complexity index is 384. The molecular formula is C8H10BN4Y7. The van der Waals surface area contributed by atoms with E-state index in [1.54, 1.807) is 12.4 Å². The van der Waals surface area contributed by atoms with Gasteiger partial charge in [-0.2, -0.15) is 0 Å². The molecule has 0 saturated carbocycles. The van der Waals surface area contributed by atoms with E-state index in [2.05, 4.69) is 9.97 Å². The number of aromatic nitrogens is 4. The molecule has 0 N–H and O–H groups in total. The van der Waals surface area contributed by atoms with E-state index < -0.39 is 0 Å². The maximum atomic E-state index is 4.19. The molecule has 0 aromatic carbocycles. The molecule has 0 unspecified atom stereocenters. The van der Waals surface area contributed by atoms with Gasteiger partial charge in [0.05, 0.1) is 11.4 Å². The van der Waals surface area contributed by atoms with E-state index >= 15 is 0 Å². The van der Waals surface area contributed by atoms with E-state index in [9.17, 15) is 0 Å². The zero-order chi connectivity index (χ0) is 9.26. The van der Waals surface area contributed by atoms with Crippen LogP contribution in [0.1, 0.15) is 0 Å². The molecule has 0 bridgehead atoms. The fourth-order valence-corrected chi connectivity index (χ4v) is 1.15. The summed E-state index contributed by atoms with van der Waals surface area (Å²) in [6.45, 7) is 0. The molecule has 0 atom stereocenters. The minimum atomic E-state index is 0. The molecule has 2 heterocycles. The largest absolute Gasteiger partial charge is 0.346 e. The van der Waals surface area contributed by atoms with E-state index in [4.69, 9.17) is 0 Å². The average molecular weight is 795 g/mol. The molecule has 2 rings (SSSR count). The standard InChI is InChI=1S/C8H10BN4.7Y/c1-12-5-3-10-7(12)9-8-11-4-6-13(8)2;;;;;;;/h3-6H,1-2H3;;;;;;;. The quantitative estimate of drug-likeness (QED) is 0.359. The van der Waals surface area contributed by atoms with Crippen LogP contribution in [0.25, 0.3) is 0 Å². The third-order valence-corrected chi connectivity index (χ3v) is 1.98. The molecule has 0 fully saturated rings. The van der Waals surface area contributed by atoms with Gasteiger partial charge in [0.2, 0.25) is 0 Å². The predicted molar refractivity (Wildman–Crippen MR) is 51.4 cm³/mol. The molecule has 12 heteroatoms. The first-order valence-corrected chi connectivity index (χ1v) is 4.07. The van der Waals surface area contributed by atoms with Gasteiger partial charge in [-0.1, -0.05) is 0 Å². The fraction of sp³-hybridized carbons (Fsp3) is 0.250. The van der Waals surface area contributed by atoms with Crippen LogP contribution < -0.4 is 11.4 Å². The van der Waals surface area contributed by atoms with Gasteiger partial charge >= 0.3 is 0 Å². The van der Waals surface area contributed by atoms with Crippen molar-refractivity contribution < 1.29 is 229 Å². The summed E-state index contributed by atoms with van der Waals surface area (Å²) in [5.41, 5.74) is 1.82. The molecule has 8 radical (unpaired) electrons. The maximum Gasteiger partial charge on any atom is 0.289 e. The van der Waals surface area contributed by atoms with Crippen LogP contribution in [-0.4, -0.2) is 26.4 Å². The van der Waals surface area contributed by atoms with Gasteiger partial charge in [-0.25, -0.2) is 0 Å². The van der Waals surface area contributed by atoms with E-state index in [1.807, 2.05) is 42.9 Å². The van der Waals surface area contributed by atoms with Gasteiger partial charge in [0, 0.05) is 268 Å². The van der Waals surface area contributed by atoms with Gasteiger partial charge < -0.3 is 9.13 Å². The Labute approximate surface area is 297 Å². The molecule has 2 aromatic heterocycles. The zero-order valence-electron chi connectivity index (χ0n) is 11.7. The van der Waals surface area contributed by atoms with E-state index in [-0.39, 0.29) is 229 Å². The maximum absolute atomic E-state index is 4.19. The molecule has 0 amide bonds. The Kier molecular flexibility index (Phi) is 47.4.